The molecule has 0 saturated heterocycles. The number of nitrogens with zero attached hydrogens (tertiary/aromatic N) is 1. The molecular weight excluding hydrogens is 385 g/mol. The summed E-state index contributed by atoms with van der Waals surface area (Å²) >= 11 is 0. The highest BCUT2D eigenvalue weighted by molar-refractivity contribution is 6.09. The maximum Gasteiger partial charge on any atom is 0.193 e. The van der Waals surface area contributed by atoms with Crippen LogP contribution < -0.4 is 14.2 Å². The summed E-state index contributed by atoms with van der Waals surface area (Å²) < 4.78 is 29.8. The van der Waals surface area contributed by atoms with E-state index in [0.29, 0.717) is 39.6 Å². The molecule has 0 unspecified atom stereocenters. The van der Waals surface area contributed by atoms with Crippen molar-refractivity contribution >= 4 is 16.7 Å². The zero-order valence-electron chi connectivity index (χ0n) is 16.4. The topological polar surface area (TPSA) is 57.7 Å². The first-order valence-electron chi connectivity index (χ1n) is 9.18. The van der Waals surface area contributed by atoms with Crippen molar-refractivity contribution in [3.05, 3.63) is 89.9 Å². The molecule has 0 saturated carbocycles. The molecule has 0 aliphatic rings. The van der Waals surface area contributed by atoms with Crippen LogP contribution in [0.4, 0.5) is 4.39 Å². The van der Waals surface area contributed by atoms with Crippen molar-refractivity contribution in [1.82, 2.24) is 4.98 Å². The van der Waals surface area contributed by atoms with Crippen LogP contribution >= 0.6 is 0 Å². The maximum atomic E-state index is 13.1. The molecule has 0 amide bonds. The largest absolute Gasteiger partial charge is 0.493 e. The van der Waals surface area contributed by atoms with Crippen LogP contribution in [0.5, 0.6) is 23.0 Å². The Balaban J connectivity index is 1.61. The number of fused-ring (bicyclic) bond motifs is 1. The number of aromatic nitrogens is 1. The number of halogens is 1. The molecular formula is C24H18FNO4. The Hall–Kier alpha value is -3.93. The van der Waals surface area contributed by atoms with Gasteiger partial charge in [0.15, 0.2) is 17.3 Å². The second-order valence-corrected chi connectivity index (χ2v) is 6.50. The summed E-state index contributed by atoms with van der Waals surface area (Å²) in [4.78, 5) is 16.9. The Kier molecular flexibility index (Phi) is 5.30. The van der Waals surface area contributed by atoms with Crippen LogP contribution in [0.2, 0.25) is 0 Å². The Labute approximate surface area is 172 Å². The molecule has 0 atom stereocenters. The molecule has 0 radical (unpaired) electrons. The zero-order chi connectivity index (χ0) is 21.1. The number of hydrogen-bond acceptors (Lipinski definition) is 5. The number of ether oxygens (including phenoxy) is 3. The molecule has 4 rings (SSSR count). The predicted molar refractivity (Wildman–Crippen MR) is 111 cm³/mol. The summed E-state index contributed by atoms with van der Waals surface area (Å²) in [6, 6.07) is 17.6. The minimum Gasteiger partial charge on any atom is -0.493 e. The van der Waals surface area contributed by atoms with Gasteiger partial charge in [0.05, 0.1) is 19.7 Å². The van der Waals surface area contributed by atoms with Gasteiger partial charge in [-0.2, -0.15) is 0 Å². The third kappa shape index (κ3) is 3.80. The monoisotopic (exact) mass is 403 g/mol. The first-order chi connectivity index (χ1) is 14.6. The van der Waals surface area contributed by atoms with Gasteiger partial charge in [-0.3, -0.25) is 9.78 Å². The van der Waals surface area contributed by atoms with Gasteiger partial charge in [0, 0.05) is 28.8 Å². The molecule has 0 aliphatic heterocycles. The van der Waals surface area contributed by atoms with Crippen molar-refractivity contribution in [3.8, 4) is 23.0 Å². The minimum atomic E-state index is -0.380. The highest BCUT2D eigenvalue weighted by atomic mass is 19.1. The van der Waals surface area contributed by atoms with Crippen molar-refractivity contribution in [2.75, 3.05) is 14.2 Å². The highest BCUT2D eigenvalue weighted by Gasteiger charge is 2.13. The van der Waals surface area contributed by atoms with E-state index in [4.69, 9.17) is 14.2 Å². The van der Waals surface area contributed by atoms with E-state index in [9.17, 15) is 9.18 Å². The van der Waals surface area contributed by atoms with Gasteiger partial charge < -0.3 is 14.2 Å². The summed E-state index contributed by atoms with van der Waals surface area (Å²) in [5.74, 6) is 1.75. The smallest absolute Gasteiger partial charge is 0.193 e. The lowest BCUT2D eigenvalue weighted by Gasteiger charge is -2.12. The molecule has 1 heterocycles. The van der Waals surface area contributed by atoms with Gasteiger partial charge >= 0.3 is 0 Å². The fourth-order valence-electron chi connectivity index (χ4n) is 3.11. The van der Waals surface area contributed by atoms with Crippen LogP contribution in [-0.4, -0.2) is 25.0 Å². The average Bonchev–Trinajstić information content (AvgIpc) is 2.79. The third-order valence-electron chi connectivity index (χ3n) is 4.66. The Bertz CT molecular complexity index is 1200. The number of rotatable bonds is 6. The number of carbonyl (C=O) groups excluding carboxylic acids is 1. The third-order valence-corrected chi connectivity index (χ3v) is 4.66. The normalized spacial score (nSPS) is 10.6. The first-order valence-corrected chi connectivity index (χ1v) is 9.18. The Morgan fingerprint density at radius 2 is 1.40 bits per heavy atom. The molecule has 0 fully saturated rings. The Morgan fingerprint density at radius 1 is 0.800 bits per heavy atom. The summed E-state index contributed by atoms with van der Waals surface area (Å²) in [6.07, 6.45) is 1.65. The number of pyridine rings is 1. The molecule has 3 aromatic carbocycles. The quantitative estimate of drug-likeness (QED) is 0.403. The number of hydrogen-bond donors (Lipinski definition) is 0. The van der Waals surface area contributed by atoms with Crippen molar-refractivity contribution in [2.24, 2.45) is 0 Å². The van der Waals surface area contributed by atoms with Gasteiger partial charge in [-0.05, 0) is 60.7 Å². The summed E-state index contributed by atoms with van der Waals surface area (Å²) in [7, 11) is 3.14. The van der Waals surface area contributed by atoms with E-state index in [1.807, 2.05) is 6.07 Å². The molecule has 6 heteroatoms. The average molecular weight is 403 g/mol. The highest BCUT2D eigenvalue weighted by Crippen LogP contribution is 2.36. The van der Waals surface area contributed by atoms with E-state index < -0.39 is 0 Å². The van der Waals surface area contributed by atoms with E-state index >= 15 is 0 Å². The summed E-state index contributed by atoms with van der Waals surface area (Å²) in [5.41, 5.74) is 1.61. The second kappa shape index (κ2) is 8.21. The van der Waals surface area contributed by atoms with E-state index in [-0.39, 0.29) is 11.6 Å². The lowest BCUT2D eigenvalue weighted by Crippen LogP contribution is -2.01. The van der Waals surface area contributed by atoms with Crippen molar-refractivity contribution in [1.29, 1.82) is 0 Å². The van der Waals surface area contributed by atoms with Crippen LogP contribution in [0.25, 0.3) is 10.9 Å². The van der Waals surface area contributed by atoms with Crippen molar-refractivity contribution in [3.63, 3.8) is 0 Å². The van der Waals surface area contributed by atoms with Crippen molar-refractivity contribution < 1.29 is 23.4 Å². The second-order valence-electron chi connectivity index (χ2n) is 6.50. The minimum absolute atomic E-state index is 0.187. The number of methoxy groups -OCH3 is 2. The molecule has 150 valence electrons. The standard InChI is InChI=1S/C24H18FNO4/c1-28-22-13-19-20(14-23(22)29-2)26-12-11-21(19)30-18-9-5-16(6-10-18)24(27)15-3-7-17(25)8-4-15/h3-14H,1-2H3. The molecule has 0 N–H and O–H groups in total. The van der Waals surface area contributed by atoms with Crippen molar-refractivity contribution in [2.45, 2.75) is 0 Å². The van der Waals surface area contributed by atoms with Crippen LogP contribution in [0, 0.1) is 5.82 Å². The van der Waals surface area contributed by atoms with E-state index in [0.717, 1.165) is 5.39 Å². The maximum absolute atomic E-state index is 13.1. The van der Waals surface area contributed by atoms with Crippen LogP contribution in [0.3, 0.4) is 0 Å². The lowest BCUT2D eigenvalue weighted by molar-refractivity contribution is 0.103. The molecule has 4 aromatic rings. The molecule has 5 nitrogen and oxygen atoms in total. The fraction of sp³-hybridized carbons (Fsp3) is 0.0833. The molecule has 0 spiro atoms. The van der Waals surface area contributed by atoms with Gasteiger partial charge in [0.25, 0.3) is 0 Å². The number of carbonyl (C=O) groups is 1. The molecule has 1 aromatic heterocycles. The predicted octanol–water partition coefficient (Wildman–Crippen LogP) is 5.41. The van der Waals surface area contributed by atoms with E-state index in [1.54, 1.807) is 56.8 Å². The van der Waals surface area contributed by atoms with Gasteiger partial charge in [-0.15, -0.1) is 0 Å². The first kappa shape index (κ1) is 19.4. The zero-order valence-corrected chi connectivity index (χ0v) is 16.4. The molecule has 0 bridgehead atoms. The van der Waals surface area contributed by atoms with E-state index in [2.05, 4.69) is 4.98 Å². The number of benzene rings is 3. The summed E-state index contributed by atoms with van der Waals surface area (Å²) in [5, 5.41) is 0.765. The summed E-state index contributed by atoms with van der Waals surface area (Å²) in [6.45, 7) is 0. The Morgan fingerprint density at radius 3 is 2.03 bits per heavy atom. The SMILES string of the molecule is COc1cc2nccc(Oc3ccc(C(=O)c4ccc(F)cc4)cc3)c2cc1OC. The van der Waals surface area contributed by atoms with E-state index in [1.165, 1.54) is 24.3 Å². The lowest BCUT2D eigenvalue weighted by atomic mass is 10.0. The molecule has 0 aliphatic carbocycles. The molecule has 30 heavy (non-hydrogen) atoms. The van der Waals surface area contributed by atoms with Gasteiger partial charge in [0.1, 0.15) is 17.3 Å². The van der Waals surface area contributed by atoms with Crippen LogP contribution in [0.15, 0.2) is 72.9 Å². The number of ketones is 1. The van der Waals surface area contributed by atoms with Gasteiger partial charge in [0.2, 0.25) is 0 Å². The van der Waals surface area contributed by atoms with Gasteiger partial charge in [-0.1, -0.05) is 0 Å². The van der Waals surface area contributed by atoms with Crippen LogP contribution in [0.1, 0.15) is 15.9 Å². The van der Waals surface area contributed by atoms with Crippen LogP contribution in [-0.2, 0) is 0 Å². The fourth-order valence-corrected chi connectivity index (χ4v) is 3.11. The van der Waals surface area contributed by atoms with Gasteiger partial charge in [-0.25, -0.2) is 4.39 Å².